The number of halogens is 1. The number of aliphatic hydroxyl groups is 1. The molecule has 10 heteroatoms. The van der Waals surface area contributed by atoms with Crippen LogP contribution in [0.15, 0.2) is 54.7 Å². The molecule has 0 saturated heterocycles. The molecule has 0 radical (unpaired) electrons. The van der Waals surface area contributed by atoms with Crippen LogP contribution in [0.25, 0.3) is 5.69 Å². The van der Waals surface area contributed by atoms with Crippen LogP contribution in [0.2, 0.25) is 5.02 Å². The number of hydrogen-bond acceptors (Lipinski definition) is 6. The second-order valence-electron chi connectivity index (χ2n) is 8.64. The fourth-order valence-electron chi connectivity index (χ4n) is 3.22. The Hall–Kier alpha value is -3.43. The second kappa shape index (κ2) is 11.1. The van der Waals surface area contributed by atoms with E-state index in [0.29, 0.717) is 17.1 Å². The van der Waals surface area contributed by atoms with Gasteiger partial charge in [-0.2, -0.15) is 0 Å². The van der Waals surface area contributed by atoms with Crippen molar-refractivity contribution in [1.82, 2.24) is 20.3 Å². The largest absolute Gasteiger partial charge is 0.444 e. The third-order valence-corrected chi connectivity index (χ3v) is 5.13. The summed E-state index contributed by atoms with van der Waals surface area (Å²) >= 11 is 6.27. The minimum absolute atomic E-state index is 0.0149. The Bertz CT molecular complexity index is 1120. The van der Waals surface area contributed by atoms with E-state index < -0.39 is 23.6 Å². The molecule has 2 aromatic carbocycles. The van der Waals surface area contributed by atoms with E-state index >= 15 is 0 Å². The topological polar surface area (TPSA) is 118 Å². The van der Waals surface area contributed by atoms with Crippen LogP contribution in [0.4, 0.5) is 10.5 Å². The highest BCUT2D eigenvalue weighted by Crippen LogP contribution is 2.19. The zero-order chi connectivity index (χ0) is 24.7. The number of nitrogens with zero attached hydrogens (tertiary/aromatic N) is 3. The molecule has 9 nitrogen and oxygen atoms in total. The molecule has 3 N–H and O–H groups in total. The van der Waals surface area contributed by atoms with Gasteiger partial charge in [-0.3, -0.25) is 4.79 Å². The fourth-order valence-corrected chi connectivity index (χ4v) is 3.43. The standard InChI is InChI=1S/C24H28ClN5O4/c1-24(2,3)34-23(33)28-21(14-16-6-4-5-7-20(16)25)22(32)27-17-8-10-18(11-9-17)30-19(12-13-31)15-26-29-30/h4-11,15,21,31H,12-14H2,1-3H3,(H,27,32)(H,28,33)/t21-/m0/s1. The van der Waals surface area contributed by atoms with Gasteiger partial charge in [-0.15, -0.1) is 5.10 Å². The van der Waals surface area contributed by atoms with E-state index in [4.69, 9.17) is 16.3 Å². The van der Waals surface area contributed by atoms with Crippen molar-refractivity contribution in [3.05, 3.63) is 71.0 Å². The molecular formula is C24H28ClN5O4. The Labute approximate surface area is 203 Å². The van der Waals surface area contributed by atoms with Gasteiger partial charge in [0.25, 0.3) is 0 Å². The molecule has 0 spiro atoms. The number of benzene rings is 2. The third kappa shape index (κ3) is 7.03. The Balaban J connectivity index is 1.75. The molecule has 0 aliphatic carbocycles. The Morgan fingerprint density at radius 2 is 1.85 bits per heavy atom. The zero-order valence-corrected chi connectivity index (χ0v) is 20.0. The van der Waals surface area contributed by atoms with Crippen LogP contribution < -0.4 is 10.6 Å². The van der Waals surface area contributed by atoms with E-state index in [1.54, 1.807) is 74.1 Å². The molecule has 0 aliphatic rings. The summed E-state index contributed by atoms with van der Waals surface area (Å²) in [7, 11) is 0. The predicted molar refractivity (Wildman–Crippen MR) is 129 cm³/mol. The van der Waals surface area contributed by atoms with Gasteiger partial charge in [0.2, 0.25) is 5.91 Å². The lowest BCUT2D eigenvalue weighted by molar-refractivity contribution is -0.118. The highest BCUT2D eigenvalue weighted by Gasteiger charge is 2.25. The van der Waals surface area contributed by atoms with Crippen molar-refractivity contribution in [3.63, 3.8) is 0 Å². The van der Waals surface area contributed by atoms with Gasteiger partial charge >= 0.3 is 6.09 Å². The molecule has 0 aliphatic heterocycles. The first kappa shape index (κ1) is 25.2. The highest BCUT2D eigenvalue weighted by atomic mass is 35.5. The molecule has 1 atom stereocenters. The average Bonchev–Trinajstić information content (AvgIpc) is 3.22. The first-order valence-electron chi connectivity index (χ1n) is 10.8. The molecule has 3 rings (SSSR count). The van der Waals surface area contributed by atoms with Crippen LogP contribution in [-0.2, 0) is 22.4 Å². The molecule has 34 heavy (non-hydrogen) atoms. The lowest BCUT2D eigenvalue weighted by atomic mass is 10.0. The third-order valence-electron chi connectivity index (χ3n) is 4.76. The maximum Gasteiger partial charge on any atom is 0.408 e. The number of hydrogen-bond donors (Lipinski definition) is 3. The Kier molecular flexibility index (Phi) is 8.25. The van der Waals surface area contributed by atoms with Crippen LogP contribution in [0, 0.1) is 0 Å². The number of nitrogens with one attached hydrogen (secondary N) is 2. The summed E-state index contributed by atoms with van der Waals surface area (Å²) in [5.74, 6) is -0.416. The van der Waals surface area contributed by atoms with Crippen LogP contribution in [-0.4, -0.2) is 50.4 Å². The predicted octanol–water partition coefficient (Wildman–Crippen LogP) is 3.53. The van der Waals surface area contributed by atoms with E-state index in [1.165, 1.54) is 0 Å². The summed E-state index contributed by atoms with van der Waals surface area (Å²) in [5.41, 5.74) is 2.05. The van der Waals surface area contributed by atoms with Crippen LogP contribution >= 0.6 is 11.6 Å². The van der Waals surface area contributed by atoms with Crippen LogP contribution in [0.3, 0.4) is 0 Å². The van der Waals surface area contributed by atoms with E-state index in [9.17, 15) is 14.7 Å². The van der Waals surface area contributed by atoms with E-state index in [2.05, 4.69) is 20.9 Å². The van der Waals surface area contributed by atoms with Crippen molar-refractivity contribution < 1.29 is 19.4 Å². The van der Waals surface area contributed by atoms with Gasteiger partial charge < -0.3 is 20.5 Å². The number of amides is 2. The lowest BCUT2D eigenvalue weighted by Crippen LogP contribution is -2.47. The smallest absolute Gasteiger partial charge is 0.408 e. The van der Waals surface area contributed by atoms with E-state index in [0.717, 1.165) is 16.9 Å². The van der Waals surface area contributed by atoms with Crippen LogP contribution in [0.5, 0.6) is 0 Å². The monoisotopic (exact) mass is 485 g/mol. The Morgan fingerprint density at radius 3 is 2.50 bits per heavy atom. The van der Waals surface area contributed by atoms with Crippen molar-refractivity contribution in [2.24, 2.45) is 0 Å². The summed E-state index contributed by atoms with van der Waals surface area (Å²) < 4.78 is 6.95. The molecule has 0 bridgehead atoms. The zero-order valence-electron chi connectivity index (χ0n) is 19.3. The van der Waals surface area contributed by atoms with Gasteiger partial charge in [0, 0.05) is 30.2 Å². The van der Waals surface area contributed by atoms with Crippen molar-refractivity contribution in [2.75, 3.05) is 11.9 Å². The van der Waals surface area contributed by atoms with Crippen molar-refractivity contribution in [2.45, 2.75) is 45.3 Å². The molecule has 0 fully saturated rings. The Morgan fingerprint density at radius 1 is 1.15 bits per heavy atom. The van der Waals surface area contributed by atoms with E-state index in [-0.39, 0.29) is 13.0 Å². The molecule has 0 saturated carbocycles. The quantitative estimate of drug-likeness (QED) is 0.449. The molecule has 2 amide bonds. The van der Waals surface area contributed by atoms with Gasteiger partial charge in [-0.05, 0) is 56.7 Å². The van der Waals surface area contributed by atoms with Gasteiger partial charge in [0.15, 0.2) is 0 Å². The number of carbonyl (C=O) groups is 2. The average molecular weight is 486 g/mol. The maximum atomic E-state index is 13.1. The fraction of sp³-hybridized carbons (Fsp3) is 0.333. The summed E-state index contributed by atoms with van der Waals surface area (Å²) in [6, 6.07) is 13.2. The number of ether oxygens (including phenoxy) is 1. The van der Waals surface area contributed by atoms with Crippen LogP contribution in [0.1, 0.15) is 32.0 Å². The number of aliphatic hydroxyl groups excluding tert-OH is 1. The number of anilines is 1. The van der Waals surface area contributed by atoms with Crippen molar-refractivity contribution >= 4 is 29.3 Å². The summed E-state index contributed by atoms with van der Waals surface area (Å²) in [4.78, 5) is 25.5. The molecule has 3 aromatic rings. The summed E-state index contributed by atoms with van der Waals surface area (Å²) in [5, 5.41) is 23.1. The minimum Gasteiger partial charge on any atom is -0.444 e. The van der Waals surface area contributed by atoms with Gasteiger partial charge in [-0.1, -0.05) is 35.0 Å². The number of carbonyl (C=O) groups excluding carboxylic acids is 2. The molecule has 180 valence electrons. The molecule has 0 unspecified atom stereocenters. The molecule has 1 aromatic heterocycles. The summed E-state index contributed by atoms with van der Waals surface area (Å²) in [6.07, 6.45) is 1.50. The normalized spacial score (nSPS) is 12.1. The van der Waals surface area contributed by atoms with Crippen molar-refractivity contribution in [1.29, 1.82) is 0 Å². The number of alkyl carbamates (subject to hydrolysis) is 1. The minimum atomic E-state index is -0.916. The first-order valence-corrected chi connectivity index (χ1v) is 11.2. The van der Waals surface area contributed by atoms with E-state index in [1.807, 2.05) is 6.07 Å². The second-order valence-corrected chi connectivity index (χ2v) is 9.05. The maximum absolute atomic E-state index is 13.1. The molecular weight excluding hydrogens is 458 g/mol. The lowest BCUT2D eigenvalue weighted by Gasteiger charge is -2.23. The van der Waals surface area contributed by atoms with Gasteiger partial charge in [0.05, 0.1) is 17.6 Å². The van der Waals surface area contributed by atoms with Gasteiger partial charge in [-0.25, -0.2) is 9.48 Å². The van der Waals surface area contributed by atoms with Crippen molar-refractivity contribution in [3.8, 4) is 5.69 Å². The number of aromatic nitrogens is 3. The SMILES string of the molecule is CC(C)(C)OC(=O)N[C@@H](Cc1ccccc1Cl)C(=O)Nc1ccc(-n2nncc2CCO)cc1. The van der Waals surface area contributed by atoms with Gasteiger partial charge in [0.1, 0.15) is 11.6 Å². The highest BCUT2D eigenvalue weighted by molar-refractivity contribution is 6.31. The molecule has 1 heterocycles. The number of rotatable bonds is 8. The first-order chi connectivity index (χ1) is 16.2. The summed E-state index contributed by atoms with van der Waals surface area (Å²) in [6.45, 7) is 5.23.